The van der Waals surface area contributed by atoms with E-state index in [0.717, 1.165) is 32.4 Å². The lowest BCUT2D eigenvalue weighted by Crippen LogP contribution is -1.96. The summed E-state index contributed by atoms with van der Waals surface area (Å²) in [5.74, 6) is 0. The van der Waals surface area contributed by atoms with Crippen LogP contribution in [-0.2, 0) is 7.05 Å². The second-order valence-electron chi connectivity index (χ2n) is 4.21. The van der Waals surface area contributed by atoms with Gasteiger partial charge in [-0.3, -0.25) is 9.97 Å². The van der Waals surface area contributed by atoms with Crippen LogP contribution in [0.1, 0.15) is 24.0 Å². The molecule has 4 nitrogen and oxygen atoms in total. The van der Waals surface area contributed by atoms with Crippen LogP contribution in [0.25, 0.3) is 11.6 Å². The van der Waals surface area contributed by atoms with Crippen LogP contribution in [-0.4, -0.2) is 25.8 Å². The van der Waals surface area contributed by atoms with Crippen molar-refractivity contribution in [1.82, 2.24) is 19.5 Å². The number of allylic oxidation sites excluding steroid dienone is 1. The lowest BCUT2D eigenvalue weighted by Gasteiger charge is -2.05. The van der Waals surface area contributed by atoms with Gasteiger partial charge in [0.25, 0.3) is 0 Å². The number of thioether (sulfide) groups is 1. The lowest BCUT2D eigenvalue weighted by molar-refractivity contribution is 0.781. The number of rotatable bonds is 3. The molecular weight excluding hydrogens is 324 g/mol. The number of nitrogens with zero attached hydrogens (tertiary/aromatic N) is 4. The van der Waals surface area contributed by atoms with Gasteiger partial charge < -0.3 is 4.57 Å². The van der Waals surface area contributed by atoms with E-state index in [1.54, 1.807) is 24.2 Å². The Kier molecular flexibility index (Phi) is 4.42. The maximum absolute atomic E-state index is 4.47. The molecule has 2 aromatic rings. The van der Waals surface area contributed by atoms with Crippen LogP contribution in [0, 0.1) is 6.92 Å². The topological polar surface area (TPSA) is 43.6 Å². The van der Waals surface area contributed by atoms with Crippen molar-refractivity contribution in [3.05, 3.63) is 34.1 Å². The van der Waals surface area contributed by atoms with Gasteiger partial charge in [-0.15, -0.1) is 0 Å². The lowest BCUT2D eigenvalue weighted by atomic mass is 10.2. The fourth-order valence-corrected chi connectivity index (χ4v) is 3.31. The highest BCUT2D eigenvalue weighted by Gasteiger charge is 2.13. The van der Waals surface area contributed by atoms with Gasteiger partial charge >= 0.3 is 0 Å². The van der Waals surface area contributed by atoms with Gasteiger partial charge in [0, 0.05) is 13.2 Å². The first-order chi connectivity index (χ1) is 9.02. The number of hydrogen-bond donors (Lipinski definition) is 0. The van der Waals surface area contributed by atoms with E-state index in [1.165, 1.54) is 0 Å². The second-order valence-corrected chi connectivity index (χ2v) is 5.73. The summed E-state index contributed by atoms with van der Waals surface area (Å²) in [4.78, 5) is 13.1. The smallest absolute Gasteiger partial charge is 0.169 e. The van der Waals surface area contributed by atoms with E-state index in [9.17, 15) is 0 Å². The maximum atomic E-state index is 4.47. The predicted octanol–water partition coefficient (Wildman–Crippen LogP) is 3.56. The highest BCUT2D eigenvalue weighted by atomic mass is 79.9. The summed E-state index contributed by atoms with van der Waals surface area (Å²) in [7, 11) is 2.01. The van der Waals surface area contributed by atoms with Crippen molar-refractivity contribution in [2.45, 2.75) is 19.0 Å². The van der Waals surface area contributed by atoms with Gasteiger partial charge in [0.05, 0.1) is 23.3 Å². The van der Waals surface area contributed by atoms with E-state index in [2.05, 4.69) is 42.4 Å². The summed E-state index contributed by atoms with van der Waals surface area (Å²) in [5, 5.41) is 0.977. The van der Waals surface area contributed by atoms with Gasteiger partial charge in [-0.25, -0.2) is 4.98 Å². The first-order valence-electron chi connectivity index (χ1n) is 5.76. The van der Waals surface area contributed by atoms with E-state index in [0.29, 0.717) is 0 Å². The molecule has 0 bridgehead atoms. The number of imidazole rings is 1. The van der Waals surface area contributed by atoms with Crippen LogP contribution in [0.15, 0.2) is 22.2 Å². The SMILES string of the molecule is CSc1nc(Br)c(/C(C)=C/c2cncc(C)n2)n1C. The summed E-state index contributed by atoms with van der Waals surface area (Å²) in [6.07, 6.45) is 7.55. The third-order valence-electron chi connectivity index (χ3n) is 2.71. The molecule has 100 valence electrons. The molecule has 6 heteroatoms. The summed E-state index contributed by atoms with van der Waals surface area (Å²) in [6.45, 7) is 3.99. The Bertz CT molecular complexity index is 634. The highest BCUT2D eigenvalue weighted by Crippen LogP contribution is 2.28. The monoisotopic (exact) mass is 338 g/mol. The molecule has 0 amide bonds. The molecule has 2 rings (SSSR count). The molecule has 0 unspecified atom stereocenters. The summed E-state index contributed by atoms with van der Waals surface area (Å²) in [5.41, 5.74) is 3.93. The molecule has 2 aromatic heterocycles. The van der Waals surface area contributed by atoms with Crippen LogP contribution >= 0.6 is 27.7 Å². The second kappa shape index (κ2) is 5.88. The molecule has 0 saturated carbocycles. The number of hydrogen-bond acceptors (Lipinski definition) is 4. The van der Waals surface area contributed by atoms with Crippen LogP contribution in [0.3, 0.4) is 0 Å². The Morgan fingerprint density at radius 1 is 1.37 bits per heavy atom. The standard InChI is InChI=1S/C13H15BrN4S/c1-8(5-10-7-15-6-9(2)16-10)11-12(14)17-13(19-4)18(11)3/h5-7H,1-4H3/b8-5+. The minimum atomic E-state index is 0.855. The normalized spacial score (nSPS) is 11.9. The van der Waals surface area contributed by atoms with Gasteiger partial charge in [0.1, 0.15) is 4.60 Å². The number of halogens is 1. The first-order valence-corrected chi connectivity index (χ1v) is 7.78. The van der Waals surface area contributed by atoms with Gasteiger partial charge in [0.2, 0.25) is 0 Å². The maximum Gasteiger partial charge on any atom is 0.169 e. The van der Waals surface area contributed by atoms with Crippen LogP contribution in [0.5, 0.6) is 0 Å². The highest BCUT2D eigenvalue weighted by molar-refractivity contribution is 9.10. The van der Waals surface area contributed by atoms with Gasteiger partial charge in [-0.1, -0.05) is 11.8 Å². The summed E-state index contributed by atoms with van der Waals surface area (Å²) in [6, 6.07) is 0. The molecule has 0 fully saturated rings. The zero-order valence-electron chi connectivity index (χ0n) is 11.3. The third kappa shape index (κ3) is 3.06. The average Bonchev–Trinajstić information content (AvgIpc) is 2.64. The van der Waals surface area contributed by atoms with Gasteiger partial charge in [-0.05, 0) is 47.7 Å². The Morgan fingerprint density at radius 2 is 2.11 bits per heavy atom. The fraction of sp³-hybridized carbons (Fsp3) is 0.308. The van der Waals surface area contributed by atoms with Crippen LogP contribution < -0.4 is 0 Å². The summed E-state index contributed by atoms with van der Waals surface area (Å²) < 4.78 is 2.93. The minimum Gasteiger partial charge on any atom is -0.321 e. The van der Waals surface area contributed by atoms with Crippen LogP contribution in [0.4, 0.5) is 0 Å². The molecule has 0 saturated heterocycles. The zero-order valence-corrected chi connectivity index (χ0v) is 13.7. The first kappa shape index (κ1) is 14.3. The Morgan fingerprint density at radius 3 is 2.68 bits per heavy atom. The Balaban J connectivity index is 2.44. The molecular formula is C13H15BrN4S. The number of aromatic nitrogens is 4. The molecule has 0 aliphatic carbocycles. The third-order valence-corrected chi connectivity index (χ3v) is 3.99. The molecule has 0 aliphatic heterocycles. The van der Waals surface area contributed by atoms with Crippen molar-refractivity contribution >= 4 is 39.3 Å². The van der Waals surface area contributed by atoms with Crippen molar-refractivity contribution in [3.63, 3.8) is 0 Å². The van der Waals surface area contributed by atoms with Crippen molar-refractivity contribution in [2.75, 3.05) is 6.26 Å². The Hall–Kier alpha value is -1.14. The quantitative estimate of drug-likeness (QED) is 0.802. The minimum absolute atomic E-state index is 0.855. The van der Waals surface area contributed by atoms with Crippen molar-refractivity contribution in [3.8, 4) is 0 Å². The zero-order chi connectivity index (χ0) is 14.0. The molecule has 0 aliphatic rings. The van der Waals surface area contributed by atoms with E-state index < -0.39 is 0 Å². The van der Waals surface area contributed by atoms with Crippen molar-refractivity contribution in [2.24, 2.45) is 7.05 Å². The van der Waals surface area contributed by atoms with E-state index in [1.807, 2.05) is 26.3 Å². The van der Waals surface area contributed by atoms with Crippen molar-refractivity contribution < 1.29 is 0 Å². The van der Waals surface area contributed by atoms with Crippen LogP contribution in [0.2, 0.25) is 0 Å². The number of aryl methyl sites for hydroxylation is 1. The largest absolute Gasteiger partial charge is 0.321 e. The molecule has 19 heavy (non-hydrogen) atoms. The van der Waals surface area contributed by atoms with Gasteiger partial charge in [0.15, 0.2) is 5.16 Å². The van der Waals surface area contributed by atoms with E-state index in [-0.39, 0.29) is 0 Å². The van der Waals surface area contributed by atoms with Gasteiger partial charge in [-0.2, -0.15) is 0 Å². The molecule has 0 aromatic carbocycles. The fourth-order valence-electron chi connectivity index (χ4n) is 1.90. The summed E-state index contributed by atoms with van der Waals surface area (Å²) >= 11 is 5.14. The average molecular weight is 339 g/mol. The molecule has 0 N–H and O–H groups in total. The molecule has 0 radical (unpaired) electrons. The molecule has 2 heterocycles. The van der Waals surface area contributed by atoms with E-state index in [4.69, 9.17) is 0 Å². The van der Waals surface area contributed by atoms with Crippen molar-refractivity contribution in [1.29, 1.82) is 0 Å². The molecule has 0 atom stereocenters. The predicted molar refractivity (Wildman–Crippen MR) is 83.0 cm³/mol. The van der Waals surface area contributed by atoms with E-state index >= 15 is 0 Å². The molecule has 0 spiro atoms. The Labute approximate surface area is 125 Å².